The third-order valence-electron chi connectivity index (χ3n) is 4.97. The van der Waals surface area contributed by atoms with E-state index in [4.69, 9.17) is 4.74 Å². The monoisotopic (exact) mass is 365 g/mol. The topological polar surface area (TPSA) is 63.0 Å². The number of ether oxygens (including phenoxy) is 1. The van der Waals surface area contributed by atoms with Crippen molar-refractivity contribution in [3.63, 3.8) is 0 Å². The van der Waals surface area contributed by atoms with Crippen LogP contribution in [0.1, 0.15) is 12.0 Å². The van der Waals surface area contributed by atoms with E-state index in [0.29, 0.717) is 19.5 Å². The molecule has 0 unspecified atom stereocenters. The Morgan fingerprint density at radius 1 is 1.07 bits per heavy atom. The van der Waals surface area contributed by atoms with Crippen LogP contribution in [0.25, 0.3) is 5.65 Å². The molecule has 1 aromatic carbocycles. The maximum Gasteiger partial charge on any atom is 0.231 e. The third-order valence-corrected chi connectivity index (χ3v) is 4.97. The summed E-state index contributed by atoms with van der Waals surface area (Å²) in [5, 5.41) is 8.51. The molecule has 1 aliphatic rings. The van der Waals surface area contributed by atoms with Crippen molar-refractivity contribution in [2.45, 2.75) is 12.8 Å². The molecular weight excluding hydrogens is 342 g/mol. The van der Waals surface area contributed by atoms with Gasteiger partial charge >= 0.3 is 0 Å². The van der Waals surface area contributed by atoms with Crippen LogP contribution in [-0.4, -0.2) is 58.7 Å². The number of benzene rings is 1. The number of aryl methyl sites for hydroxylation is 1. The van der Waals surface area contributed by atoms with Crippen LogP contribution in [0.15, 0.2) is 48.7 Å². The van der Waals surface area contributed by atoms with Gasteiger partial charge in [0.2, 0.25) is 11.9 Å². The number of hydrogen-bond donors (Lipinski definition) is 0. The number of fused-ring (bicyclic) bond motifs is 1. The molecule has 0 spiro atoms. The van der Waals surface area contributed by atoms with Crippen LogP contribution in [0.5, 0.6) is 5.75 Å². The van der Waals surface area contributed by atoms with Crippen molar-refractivity contribution >= 4 is 17.5 Å². The molecule has 3 aromatic rings. The van der Waals surface area contributed by atoms with Crippen LogP contribution in [0.4, 0.5) is 5.95 Å². The molecule has 27 heavy (non-hydrogen) atoms. The van der Waals surface area contributed by atoms with Crippen LogP contribution in [0.2, 0.25) is 0 Å². The van der Waals surface area contributed by atoms with Crippen molar-refractivity contribution in [1.29, 1.82) is 0 Å². The number of methoxy groups -OCH3 is 1. The molecule has 1 fully saturated rings. The van der Waals surface area contributed by atoms with Crippen molar-refractivity contribution in [3.05, 3.63) is 54.2 Å². The number of hydrogen-bond acceptors (Lipinski definition) is 5. The SMILES string of the molecule is COc1cccc(CCC(=O)N2CCN(c3nnc4ccccn34)CC2)c1. The molecule has 0 aliphatic carbocycles. The Bertz CT molecular complexity index is 931. The quantitative estimate of drug-likeness (QED) is 0.692. The Morgan fingerprint density at radius 2 is 1.93 bits per heavy atom. The zero-order valence-electron chi connectivity index (χ0n) is 15.4. The Hall–Kier alpha value is -3.09. The number of amides is 1. The van der Waals surface area contributed by atoms with Gasteiger partial charge in [-0.2, -0.15) is 0 Å². The predicted octanol–water partition coefficient (Wildman–Crippen LogP) is 2.02. The molecule has 7 nitrogen and oxygen atoms in total. The fraction of sp³-hybridized carbons (Fsp3) is 0.350. The fourth-order valence-corrected chi connectivity index (χ4v) is 3.44. The summed E-state index contributed by atoms with van der Waals surface area (Å²) in [4.78, 5) is 16.7. The summed E-state index contributed by atoms with van der Waals surface area (Å²) in [6.45, 7) is 2.94. The molecule has 0 radical (unpaired) electrons. The second-order valence-corrected chi connectivity index (χ2v) is 6.65. The molecule has 0 N–H and O–H groups in total. The molecule has 1 amide bonds. The van der Waals surface area contributed by atoms with E-state index < -0.39 is 0 Å². The highest BCUT2D eigenvalue weighted by Gasteiger charge is 2.23. The number of carbonyl (C=O) groups is 1. The van der Waals surface area contributed by atoms with Gasteiger partial charge in [-0.05, 0) is 36.2 Å². The van der Waals surface area contributed by atoms with Crippen molar-refractivity contribution < 1.29 is 9.53 Å². The molecule has 1 saturated heterocycles. The normalized spacial score (nSPS) is 14.6. The van der Waals surface area contributed by atoms with Crippen LogP contribution in [0, 0.1) is 0 Å². The van der Waals surface area contributed by atoms with Crippen LogP contribution in [-0.2, 0) is 11.2 Å². The predicted molar refractivity (Wildman–Crippen MR) is 103 cm³/mol. The maximum atomic E-state index is 12.6. The van der Waals surface area contributed by atoms with E-state index in [-0.39, 0.29) is 5.91 Å². The number of carbonyl (C=O) groups excluding carboxylic acids is 1. The summed E-state index contributed by atoms with van der Waals surface area (Å²) >= 11 is 0. The molecule has 4 rings (SSSR count). The summed E-state index contributed by atoms with van der Waals surface area (Å²) in [6.07, 6.45) is 3.21. The molecule has 3 heterocycles. The Kier molecular flexibility index (Phi) is 4.91. The minimum Gasteiger partial charge on any atom is -0.497 e. The van der Waals surface area contributed by atoms with Gasteiger partial charge in [0.15, 0.2) is 5.65 Å². The number of pyridine rings is 1. The van der Waals surface area contributed by atoms with Gasteiger partial charge in [-0.1, -0.05) is 18.2 Å². The first-order valence-electron chi connectivity index (χ1n) is 9.20. The van der Waals surface area contributed by atoms with E-state index in [9.17, 15) is 4.79 Å². The van der Waals surface area contributed by atoms with Gasteiger partial charge in [-0.15, -0.1) is 10.2 Å². The average molecular weight is 365 g/mol. The van der Waals surface area contributed by atoms with Gasteiger partial charge in [-0.25, -0.2) is 0 Å². The molecule has 0 saturated carbocycles. The number of nitrogens with zero attached hydrogens (tertiary/aromatic N) is 5. The zero-order valence-corrected chi connectivity index (χ0v) is 15.4. The van der Waals surface area contributed by atoms with E-state index >= 15 is 0 Å². The fourth-order valence-electron chi connectivity index (χ4n) is 3.44. The molecule has 140 valence electrons. The lowest BCUT2D eigenvalue weighted by atomic mass is 10.1. The van der Waals surface area contributed by atoms with E-state index in [1.165, 1.54) is 0 Å². The van der Waals surface area contributed by atoms with E-state index in [0.717, 1.165) is 42.4 Å². The van der Waals surface area contributed by atoms with Crippen molar-refractivity contribution in [2.24, 2.45) is 0 Å². The first-order valence-corrected chi connectivity index (χ1v) is 9.20. The van der Waals surface area contributed by atoms with Crippen molar-refractivity contribution in [1.82, 2.24) is 19.5 Å². The second kappa shape index (κ2) is 7.65. The highest BCUT2D eigenvalue weighted by molar-refractivity contribution is 5.76. The van der Waals surface area contributed by atoms with E-state index in [1.807, 2.05) is 58.0 Å². The minimum absolute atomic E-state index is 0.198. The van der Waals surface area contributed by atoms with E-state index in [1.54, 1.807) is 7.11 Å². The lowest BCUT2D eigenvalue weighted by Gasteiger charge is -2.34. The summed E-state index contributed by atoms with van der Waals surface area (Å²) in [5.74, 6) is 1.87. The first-order chi connectivity index (χ1) is 13.2. The Labute approximate surface area is 158 Å². The molecular formula is C20H23N5O2. The third kappa shape index (κ3) is 3.72. The molecule has 7 heteroatoms. The van der Waals surface area contributed by atoms with Crippen LogP contribution >= 0.6 is 0 Å². The van der Waals surface area contributed by atoms with Gasteiger partial charge < -0.3 is 14.5 Å². The van der Waals surface area contributed by atoms with Gasteiger partial charge in [0.1, 0.15) is 5.75 Å². The summed E-state index contributed by atoms with van der Waals surface area (Å²) in [7, 11) is 1.66. The molecule has 2 aromatic heterocycles. The van der Waals surface area contributed by atoms with Crippen LogP contribution in [0.3, 0.4) is 0 Å². The zero-order chi connectivity index (χ0) is 18.6. The first kappa shape index (κ1) is 17.3. The largest absolute Gasteiger partial charge is 0.497 e. The Morgan fingerprint density at radius 3 is 2.74 bits per heavy atom. The lowest BCUT2D eigenvalue weighted by Crippen LogP contribution is -2.49. The van der Waals surface area contributed by atoms with Crippen molar-refractivity contribution in [2.75, 3.05) is 38.2 Å². The van der Waals surface area contributed by atoms with Gasteiger partial charge in [-0.3, -0.25) is 9.20 Å². The number of piperazine rings is 1. The highest BCUT2D eigenvalue weighted by Crippen LogP contribution is 2.17. The number of anilines is 1. The highest BCUT2D eigenvalue weighted by atomic mass is 16.5. The number of aromatic nitrogens is 3. The van der Waals surface area contributed by atoms with Gasteiger partial charge in [0.05, 0.1) is 7.11 Å². The lowest BCUT2D eigenvalue weighted by molar-refractivity contribution is -0.131. The minimum atomic E-state index is 0.198. The van der Waals surface area contributed by atoms with Crippen molar-refractivity contribution in [3.8, 4) is 5.75 Å². The van der Waals surface area contributed by atoms with Crippen LogP contribution < -0.4 is 9.64 Å². The van der Waals surface area contributed by atoms with E-state index in [2.05, 4.69) is 15.1 Å². The maximum absolute atomic E-state index is 12.6. The standard InChI is InChI=1S/C20H23N5O2/c1-27-17-6-4-5-16(15-17)8-9-19(26)23-11-13-24(14-12-23)20-22-21-18-7-2-3-10-25(18)20/h2-7,10,15H,8-9,11-14H2,1H3. The van der Waals surface area contributed by atoms with Gasteiger partial charge in [0.25, 0.3) is 0 Å². The summed E-state index contributed by atoms with van der Waals surface area (Å²) in [6, 6.07) is 13.8. The average Bonchev–Trinajstić information content (AvgIpc) is 3.16. The second-order valence-electron chi connectivity index (χ2n) is 6.65. The molecule has 1 aliphatic heterocycles. The summed E-state index contributed by atoms with van der Waals surface area (Å²) in [5.41, 5.74) is 1.96. The van der Waals surface area contributed by atoms with Gasteiger partial charge in [0, 0.05) is 38.8 Å². The number of rotatable bonds is 5. The summed E-state index contributed by atoms with van der Waals surface area (Å²) < 4.78 is 7.23. The Balaban J connectivity index is 1.32. The molecule has 0 bridgehead atoms. The smallest absolute Gasteiger partial charge is 0.231 e. The molecule has 0 atom stereocenters.